The molecule has 0 aliphatic heterocycles. The molecule has 0 spiro atoms. The first-order valence-electron chi connectivity index (χ1n) is 7.98. The lowest BCUT2D eigenvalue weighted by molar-refractivity contribution is -0.127. The molecular weight excluding hydrogens is 356 g/mol. The average Bonchev–Trinajstić information content (AvgIpc) is 3.16. The summed E-state index contributed by atoms with van der Waals surface area (Å²) in [4.78, 5) is 14.2. The highest BCUT2D eigenvalue weighted by Crippen LogP contribution is 2.12. The molecule has 0 bridgehead atoms. The molecule has 0 radical (unpaired) electrons. The molecule has 2 rings (SSSR count). The Morgan fingerprint density at radius 3 is 2.58 bits per heavy atom. The van der Waals surface area contributed by atoms with Crippen molar-refractivity contribution in [1.82, 2.24) is 9.62 Å². The number of rotatable bonds is 9. The first-order chi connectivity index (χ1) is 12.5. The molecule has 1 aromatic heterocycles. The Hall–Kier alpha value is -2.42. The zero-order chi connectivity index (χ0) is 19.0. The van der Waals surface area contributed by atoms with Gasteiger partial charge in [0.1, 0.15) is 5.76 Å². The maximum absolute atomic E-state index is 12.5. The second-order valence-electron chi connectivity index (χ2n) is 5.44. The minimum atomic E-state index is -3.47. The molecule has 0 saturated carbocycles. The van der Waals surface area contributed by atoms with Crippen LogP contribution in [0, 0.1) is 0 Å². The Bertz CT molecular complexity index is 827. The van der Waals surface area contributed by atoms with E-state index >= 15 is 0 Å². The summed E-state index contributed by atoms with van der Waals surface area (Å²) in [5.41, 5.74) is 0.720. The summed E-state index contributed by atoms with van der Waals surface area (Å²) >= 11 is 0. The Balaban J connectivity index is 2.07. The fraction of sp³-hybridized carbons (Fsp3) is 0.278. The third kappa shape index (κ3) is 5.55. The Kier molecular flexibility index (Phi) is 7.14. The van der Waals surface area contributed by atoms with E-state index in [4.69, 9.17) is 9.15 Å². The number of benzene rings is 1. The number of nitrogens with zero attached hydrogens (tertiary/aromatic N) is 1. The molecule has 0 atom stereocenters. The van der Waals surface area contributed by atoms with Crippen LogP contribution < -0.4 is 4.72 Å². The van der Waals surface area contributed by atoms with Crippen molar-refractivity contribution in [3.63, 3.8) is 0 Å². The maximum atomic E-state index is 12.5. The Labute approximate surface area is 153 Å². The number of carbonyl (C=O) groups excluding carboxylic acids is 1. The van der Waals surface area contributed by atoms with Crippen molar-refractivity contribution in [2.75, 3.05) is 27.3 Å². The number of amides is 1. The molecule has 140 valence electrons. The molecule has 0 saturated heterocycles. The number of ether oxygens (including phenoxy) is 1. The lowest BCUT2D eigenvalue weighted by Gasteiger charge is -2.19. The molecule has 26 heavy (non-hydrogen) atoms. The van der Waals surface area contributed by atoms with Crippen LogP contribution in [-0.4, -0.2) is 46.5 Å². The zero-order valence-corrected chi connectivity index (χ0v) is 15.5. The van der Waals surface area contributed by atoms with E-state index in [-0.39, 0.29) is 10.8 Å². The summed E-state index contributed by atoms with van der Waals surface area (Å²) in [5, 5.41) is 0. The number of sulfonamides is 1. The van der Waals surface area contributed by atoms with Crippen molar-refractivity contribution >= 4 is 22.0 Å². The fourth-order valence-electron chi connectivity index (χ4n) is 2.21. The van der Waals surface area contributed by atoms with E-state index in [0.29, 0.717) is 25.5 Å². The second-order valence-corrected chi connectivity index (χ2v) is 7.33. The van der Waals surface area contributed by atoms with Gasteiger partial charge in [0.25, 0.3) is 0 Å². The van der Waals surface area contributed by atoms with Gasteiger partial charge in [-0.3, -0.25) is 4.79 Å². The van der Waals surface area contributed by atoms with Gasteiger partial charge in [-0.1, -0.05) is 12.1 Å². The molecule has 2 aromatic rings. The number of methoxy groups -OCH3 is 1. The van der Waals surface area contributed by atoms with Crippen LogP contribution >= 0.6 is 0 Å². The first kappa shape index (κ1) is 19.9. The SMILES string of the molecule is CNS(=O)(=O)c1ccc(/C=C/C(=O)N(CCOC)Cc2ccco2)cc1. The third-order valence-corrected chi connectivity index (χ3v) is 5.11. The average molecular weight is 378 g/mol. The monoisotopic (exact) mass is 378 g/mol. The summed E-state index contributed by atoms with van der Waals surface area (Å²) in [6.07, 6.45) is 4.64. The molecular formula is C18H22N2O5S. The van der Waals surface area contributed by atoms with Gasteiger partial charge in [0.15, 0.2) is 0 Å². The van der Waals surface area contributed by atoms with Crippen molar-refractivity contribution in [3.8, 4) is 0 Å². The van der Waals surface area contributed by atoms with Crippen LogP contribution in [0.3, 0.4) is 0 Å². The third-order valence-electron chi connectivity index (χ3n) is 3.68. The fourth-order valence-corrected chi connectivity index (χ4v) is 2.94. The van der Waals surface area contributed by atoms with E-state index < -0.39 is 10.0 Å². The molecule has 1 N–H and O–H groups in total. The lowest BCUT2D eigenvalue weighted by atomic mass is 10.2. The van der Waals surface area contributed by atoms with Crippen molar-refractivity contribution in [2.45, 2.75) is 11.4 Å². The predicted molar refractivity (Wildman–Crippen MR) is 97.7 cm³/mol. The van der Waals surface area contributed by atoms with E-state index in [1.54, 1.807) is 48.6 Å². The Morgan fingerprint density at radius 1 is 1.27 bits per heavy atom. The van der Waals surface area contributed by atoms with Crippen LogP contribution in [0.4, 0.5) is 0 Å². The molecule has 8 heteroatoms. The number of hydrogen-bond donors (Lipinski definition) is 1. The van der Waals surface area contributed by atoms with Crippen LogP contribution in [0.5, 0.6) is 0 Å². The minimum Gasteiger partial charge on any atom is -0.467 e. The summed E-state index contributed by atoms with van der Waals surface area (Å²) in [6, 6.07) is 9.83. The van der Waals surface area contributed by atoms with Crippen molar-refractivity contribution < 1.29 is 22.4 Å². The van der Waals surface area contributed by atoms with E-state index in [2.05, 4.69) is 4.72 Å². The summed E-state index contributed by atoms with van der Waals surface area (Å²) < 4.78 is 36.0. The molecule has 0 fully saturated rings. The second kappa shape index (κ2) is 9.33. The van der Waals surface area contributed by atoms with E-state index in [1.165, 1.54) is 25.3 Å². The van der Waals surface area contributed by atoms with Gasteiger partial charge in [-0.2, -0.15) is 0 Å². The van der Waals surface area contributed by atoms with Gasteiger partial charge in [0, 0.05) is 19.7 Å². The van der Waals surface area contributed by atoms with Gasteiger partial charge < -0.3 is 14.1 Å². The van der Waals surface area contributed by atoms with Crippen LogP contribution in [0.15, 0.2) is 58.1 Å². The number of carbonyl (C=O) groups is 1. The molecule has 7 nitrogen and oxygen atoms in total. The smallest absolute Gasteiger partial charge is 0.247 e. The predicted octanol–water partition coefficient (Wildman–Crippen LogP) is 1.88. The molecule has 1 amide bonds. The highest BCUT2D eigenvalue weighted by atomic mass is 32.2. The van der Waals surface area contributed by atoms with Gasteiger partial charge in [-0.05, 0) is 43.0 Å². The quantitative estimate of drug-likeness (QED) is 0.673. The number of nitrogens with one attached hydrogen (secondary N) is 1. The summed E-state index contributed by atoms with van der Waals surface area (Å²) in [7, 11) is -0.540. The van der Waals surface area contributed by atoms with Gasteiger partial charge >= 0.3 is 0 Å². The standard InChI is InChI=1S/C18H22N2O5S/c1-19-26(22,23)17-8-5-15(6-9-17)7-10-18(21)20(11-13-24-2)14-16-4-3-12-25-16/h3-10,12,19H,11,13-14H2,1-2H3/b10-7+. The van der Waals surface area contributed by atoms with Gasteiger partial charge in [-0.15, -0.1) is 0 Å². The van der Waals surface area contributed by atoms with Gasteiger partial charge in [-0.25, -0.2) is 13.1 Å². The maximum Gasteiger partial charge on any atom is 0.247 e. The lowest BCUT2D eigenvalue weighted by Crippen LogP contribution is -2.31. The molecule has 0 aliphatic rings. The van der Waals surface area contributed by atoms with Crippen LogP contribution in [0.2, 0.25) is 0 Å². The van der Waals surface area contributed by atoms with Crippen molar-refractivity contribution in [3.05, 3.63) is 60.1 Å². The van der Waals surface area contributed by atoms with Crippen LogP contribution in [0.25, 0.3) is 6.08 Å². The number of hydrogen-bond acceptors (Lipinski definition) is 5. The molecule has 0 unspecified atom stereocenters. The van der Waals surface area contributed by atoms with E-state index in [0.717, 1.165) is 5.56 Å². The van der Waals surface area contributed by atoms with E-state index in [1.807, 2.05) is 0 Å². The highest BCUT2D eigenvalue weighted by molar-refractivity contribution is 7.89. The largest absolute Gasteiger partial charge is 0.467 e. The van der Waals surface area contributed by atoms with Crippen molar-refractivity contribution in [2.24, 2.45) is 0 Å². The molecule has 1 heterocycles. The van der Waals surface area contributed by atoms with Crippen LogP contribution in [-0.2, 0) is 26.1 Å². The first-order valence-corrected chi connectivity index (χ1v) is 9.46. The summed E-state index contributed by atoms with van der Waals surface area (Å²) in [5.74, 6) is 0.495. The van der Waals surface area contributed by atoms with E-state index in [9.17, 15) is 13.2 Å². The summed E-state index contributed by atoms with van der Waals surface area (Å²) in [6.45, 7) is 1.19. The zero-order valence-electron chi connectivity index (χ0n) is 14.7. The van der Waals surface area contributed by atoms with Crippen molar-refractivity contribution in [1.29, 1.82) is 0 Å². The van der Waals surface area contributed by atoms with Gasteiger partial charge in [0.2, 0.25) is 15.9 Å². The molecule has 0 aliphatic carbocycles. The molecule has 1 aromatic carbocycles. The highest BCUT2D eigenvalue weighted by Gasteiger charge is 2.13. The minimum absolute atomic E-state index is 0.169. The normalized spacial score (nSPS) is 11.8. The Morgan fingerprint density at radius 2 is 2.00 bits per heavy atom. The van der Waals surface area contributed by atoms with Crippen LogP contribution in [0.1, 0.15) is 11.3 Å². The topological polar surface area (TPSA) is 88.9 Å². The number of furan rings is 1. The van der Waals surface area contributed by atoms with Gasteiger partial charge in [0.05, 0.1) is 24.3 Å².